The first kappa shape index (κ1) is 12.1. The molecule has 0 aromatic carbocycles. The Morgan fingerprint density at radius 3 is 3.17 bits per heavy atom. The molecule has 2 heterocycles. The maximum atomic E-state index is 15.3. The second-order valence-electron chi connectivity index (χ2n) is 5.63. The molecule has 0 amide bonds. The minimum atomic E-state index is -1.05. The molecule has 0 radical (unpaired) electrons. The molecule has 2 unspecified atom stereocenters. The van der Waals surface area contributed by atoms with Crippen LogP contribution in [0.4, 0.5) is 4.39 Å². The van der Waals surface area contributed by atoms with Crippen molar-refractivity contribution in [3.8, 4) is 0 Å². The third-order valence-corrected chi connectivity index (χ3v) is 4.48. The summed E-state index contributed by atoms with van der Waals surface area (Å²) in [5, 5.41) is 3.31. The second kappa shape index (κ2) is 4.96. The van der Waals surface area contributed by atoms with Gasteiger partial charge in [-0.2, -0.15) is 0 Å². The van der Waals surface area contributed by atoms with E-state index in [1.54, 1.807) is 0 Å². The predicted octanol–water partition coefficient (Wildman–Crippen LogP) is 2.98. The van der Waals surface area contributed by atoms with Crippen LogP contribution in [-0.2, 0) is 6.42 Å². The van der Waals surface area contributed by atoms with Crippen LogP contribution in [-0.4, -0.2) is 23.7 Å². The van der Waals surface area contributed by atoms with Crippen LogP contribution in [0.1, 0.15) is 49.3 Å². The van der Waals surface area contributed by atoms with Gasteiger partial charge < -0.3 is 5.32 Å². The molecule has 1 saturated heterocycles. The maximum absolute atomic E-state index is 15.3. The van der Waals surface area contributed by atoms with Crippen LogP contribution in [0.2, 0.25) is 0 Å². The Morgan fingerprint density at radius 1 is 1.28 bits per heavy atom. The lowest BCUT2D eigenvalue weighted by Crippen LogP contribution is -2.35. The van der Waals surface area contributed by atoms with Gasteiger partial charge in [-0.15, -0.1) is 0 Å². The van der Waals surface area contributed by atoms with E-state index in [2.05, 4.69) is 16.4 Å². The molecule has 3 heteroatoms. The summed E-state index contributed by atoms with van der Waals surface area (Å²) in [5.74, 6) is 0.0161. The molecule has 98 valence electrons. The zero-order valence-electron chi connectivity index (χ0n) is 10.8. The molecule has 1 N–H and O–H groups in total. The molecule has 1 fully saturated rings. The molecular formula is C15H21FN2. The number of nitrogens with zero attached hydrogens (tertiary/aromatic N) is 1. The van der Waals surface area contributed by atoms with Crippen molar-refractivity contribution >= 4 is 0 Å². The van der Waals surface area contributed by atoms with Crippen molar-refractivity contribution in [2.75, 3.05) is 13.1 Å². The molecule has 2 aliphatic rings. The first-order valence-electron chi connectivity index (χ1n) is 7.13. The summed E-state index contributed by atoms with van der Waals surface area (Å²) in [6.07, 6.45) is 7.19. The molecule has 1 aromatic heterocycles. The number of hydrogen-bond donors (Lipinski definition) is 1. The topological polar surface area (TPSA) is 24.9 Å². The fourth-order valence-corrected chi connectivity index (χ4v) is 3.51. The zero-order valence-corrected chi connectivity index (χ0v) is 10.8. The van der Waals surface area contributed by atoms with Gasteiger partial charge in [0.05, 0.1) is 0 Å². The second-order valence-corrected chi connectivity index (χ2v) is 5.63. The lowest BCUT2D eigenvalue weighted by Gasteiger charge is -2.36. The van der Waals surface area contributed by atoms with Gasteiger partial charge in [-0.05, 0) is 63.2 Å². The highest BCUT2D eigenvalue weighted by atomic mass is 19.1. The van der Waals surface area contributed by atoms with Gasteiger partial charge in [-0.25, -0.2) is 4.39 Å². The molecule has 1 aliphatic heterocycles. The van der Waals surface area contributed by atoms with Crippen molar-refractivity contribution in [1.82, 2.24) is 10.3 Å². The third kappa shape index (κ3) is 2.16. The average molecular weight is 248 g/mol. The number of rotatable bonds is 1. The van der Waals surface area contributed by atoms with E-state index in [0.29, 0.717) is 12.8 Å². The smallest absolute Gasteiger partial charge is 0.120 e. The molecule has 0 bridgehead atoms. The van der Waals surface area contributed by atoms with E-state index >= 15 is 4.39 Å². The standard InChI is InChI=1S/C15H21FN2/c16-15(7-3-9-17-11-8-15)13-6-1-4-12-5-2-10-18-14(12)13/h2,5,10,13,17H,1,3-4,6-9,11H2. The Hall–Kier alpha value is -0.960. The Balaban J connectivity index is 1.92. The Kier molecular flexibility index (Phi) is 3.33. The van der Waals surface area contributed by atoms with Crippen molar-refractivity contribution in [3.05, 3.63) is 29.6 Å². The predicted molar refractivity (Wildman–Crippen MR) is 70.5 cm³/mol. The molecule has 0 saturated carbocycles. The monoisotopic (exact) mass is 248 g/mol. The maximum Gasteiger partial charge on any atom is 0.120 e. The van der Waals surface area contributed by atoms with Gasteiger partial charge in [0, 0.05) is 17.8 Å². The summed E-state index contributed by atoms with van der Waals surface area (Å²) in [5.41, 5.74) is 1.25. The highest BCUT2D eigenvalue weighted by Crippen LogP contribution is 2.44. The lowest BCUT2D eigenvalue weighted by molar-refractivity contribution is 0.0945. The van der Waals surface area contributed by atoms with Crippen molar-refractivity contribution in [2.45, 2.75) is 50.1 Å². The van der Waals surface area contributed by atoms with E-state index in [1.807, 2.05) is 12.3 Å². The number of pyridine rings is 1. The molecular weight excluding hydrogens is 227 g/mol. The van der Waals surface area contributed by atoms with Crippen LogP contribution in [0.15, 0.2) is 18.3 Å². The molecule has 1 aromatic rings. The minimum Gasteiger partial charge on any atom is -0.317 e. The summed E-state index contributed by atoms with van der Waals surface area (Å²) in [7, 11) is 0. The van der Waals surface area contributed by atoms with E-state index in [0.717, 1.165) is 44.5 Å². The van der Waals surface area contributed by atoms with Crippen LogP contribution in [0.5, 0.6) is 0 Å². The van der Waals surface area contributed by atoms with E-state index in [1.165, 1.54) is 5.56 Å². The normalized spacial score (nSPS) is 32.6. The third-order valence-electron chi connectivity index (χ3n) is 4.48. The summed E-state index contributed by atoms with van der Waals surface area (Å²) in [4.78, 5) is 4.49. The molecule has 18 heavy (non-hydrogen) atoms. The summed E-state index contributed by atoms with van der Waals surface area (Å²) >= 11 is 0. The Morgan fingerprint density at radius 2 is 2.22 bits per heavy atom. The number of hydrogen-bond acceptors (Lipinski definition) is 2. The van der Waals surface area contributed by atoms with E-state index in [4.69, 9.17) is 0 Å². The van der Waals surface area contributed by atoms with Crippen LogP contribution in [0.3, 0.4) is 0 Å². The molecule has 0 spiro atoms. The number of aromatic nitrogens is 1. The molecule has 1 aliphatic carbocycles. The van der Waals surface area contributed by atoms with Gasteiger partial charge in [-0.1, -0.05) is 6.07 Å². The first-order valence-corrected chi connectivity index (χ1v) is 7.13. The lowest BCUT2D eigenvalue weighted by atomic mass is 9.73. The number of halogens is 1. The molecule has 2 atom stereocenters. The SMILES string of the molecule is FC1(C2CCCc3cccnc32)CCCNCC1. The largest absolute Gasteiger partial charge is 0.317 e. The first-order chi connectivity index (χ1) is 8.80. The fourth-order valence-electron chi connectivity index (χ4n) is 3.51. The average Bonchev–Trinajstić information content (AvgIpc) is 2.64. The highest BCUT2D eigenvalue weighted by Gasteiger charge is 2.42. The van der Waals surface area contributed by atoms with E-state index < -0.39 is 5.67 Å². The van der Waals surface area contributed by atoms with Gasteiger partial charge in [0.15, 0.2) is 0 Å². The Labute approximate surface area is 108 Å². The zero-order chi connectivity index (χ0) is 12.4. The van der Waals surface area contributed by atoms with E-state index in [9.17, 15) is 0 Å². The van der Waals surface area contributed by atoms with Gasteiger partial charge in [-0.3, -0.25) is 4.98 Å². The quantitative estimate of drug-likeness (QED) is 0.826. The summed E-state index contributed by atoms with van der Waals surface area (Å²) < 4.78 is 15.3. The number of fused-ring (bicyclic) bond motifs is 1. The van der Waals surface area contributed by atoms with Crippen molar-refractivity contribution in [3.63, 3.8) is 0 Å². The molecule has 2 nitrogen and oxygen atoms in total. The summed E-state index contributed by atoms with van der Waals surface area (Å²) in [6, 6.07) is 4.09. The van der Waals surface area contributed by atoms with Crippen LogP contribution < -0.4 is 5.32 Å². The number of alkyl halides is 1. The number of aryl methyl sites for hydroxylation is 1. The summed E-state index contributed by atoms with van der Waals surface area (Å²) in [6.45, 7) is 1.75. The van der Waals surface area contributed by atoms with Crippen LogP contribution in [0, 0.1) is 0 Å². The van der Waals surface area contributed by atoms with Gasteiger partial charge in [0.1, 0.15) is 5.67 Å². The van der Waals surface area contributed by atoms with Crippen molar-refractivity contribution in [2.24, 2.45) is 0 Å². The van der Waals surface area contributed by atoms with Gasteiger partial charge in [0.25, 0.3) is 0 Å². The van der Waals surface area contributed by atoms with Crippen molar-refractivity contribution in [1.29, 1.82) is 0 Å². The van der Waals surface area contributed by atoms with Gasteiger partial charge >= 0.3 is 0 Å². The highest BCUT2D eigenvalue weighted by molar-refractivity contribution is 5.28. The van der Waals surface area contributed by atoms with Crippen LogP contribution >= 0.6 is 0 Å². The Bertz CT molecular complexity index is 411. The fraction of sp³-hybridized carbons (Fsp3) is 0.667. The van der Waals surface area contributed by atoms with E-state index in [-0.39, 0.29) is 5.92 Å². The molecule has 3 rings (SSSR count). The van der Waals surface area contributed by atoms with Crippen LogP contribution in [0.25, 0.3) is 0 Å². The van der Waals surface area contributed by atoms with Crippen molar-refractivity contribution < 1.29 is 4.39 Å². The van der Waals surface area contributed by atoms with Gasteiger partial charge in [0.2, 0.25) is 0 Å². The minimum absolute atomic E-state index is 0.0161. The number of nitrogens with one attached hydrogen (secondary N) is 1.